The molecule has 6 heteroatoms. The number of hydrogen-bond donors (Lipinski definition) is 0. The Kier molecular flexibility index (Phi) is 10.3. The molecule has 1 saturated carbocycles. The van der Waals surface area contributed by atoms with Crippen LogP contribution >= 0.6 is 45.2 Å². The standard InChI is InChI=1S/C16H26I2O4/c1-3-5-13(17)15(19)21-11-7-9-12(10-8-11)22-16(20)14(18)6-4-2/h11-14H,3-10H2,1-2H3. The maximum absolute atomic E-state index is 11.9. The fraction of sp³-hybridized carbons (Fsp3) is 0.875. The Morgan fingerprint density at radius 1 is 0.864 bits per heavy atom. The monoisotopic (exact) mass is 536 g/mol. The molecule has 0 heterocycles. The number of carbonyl (C=O) groups is 2. The van der Waals surface area contributed by atoms with Gasteiger partial charge in [0.05, 0.1) is 0 Å². The summed E-state index contributed by atoms with van der Waals surface area (Å²) in [5.41, 5.74) is 0. The summed E-state index contributed by atoms with van der Waals surface area (Å²) in [7, 11) is 0. The Hall–Kier alpha value is 0.400. The molecule has 0 radical (unpaired) electrons. The molecule has 1 aliphatic carbocycles. The van der Waals surface area contributed by atoms with E-state index in [0.717, 1.165) is 51.4 Å². The van der Waals surface area contributed by atoms with Crippen molar-refractivity contribution < 1.29 is 19.1 Å². The van der Waals surface area contributed by atoms with Crippen LogP contribution in [0, 0.1) is 0 Å². The van der Waals surface area contributed by atoms with E-state index in [2.05, 4.69) is 59.0 Å². The Bertz CT molecular complexity index is 320. The van der Waals surface area contributed by atoms with E-state index in [0.29, 0.717) is 0 Å². The summed E-state index contributed by atoms with van der Waals surface area (Å²) in [6, 6.07) is 0. The molecule has 1 rings (SSSR count). The van der Waals surface area contributed by atoms with Gasteiger partial charge in [-0.25, -0.2) is 0 Å². The third kappa shape index (κ3) is 7.31. The highest BCUT2D eigenvalue weighted by Crippen LogP contribution is 2.26. The largest absolute Gasteiger partial charge is 0.462 e. The van der Waals surface area contributed by atoms with E-state index < -0.39 is 0 Å². The number of carbonyl (C=O) groups excluding carboxylic acids is 2. The Morgan fingerprint density at radius 3 is 1.45 bits per heavy atom. The second-order valence-corrected chi connectivity index (χ2v) is 8.79. The molecule has 2 unspecified atom stereocenters. The highest BCUT2D eigenvalue weighted by Gasteiger charge is 2.29. The van der Waals surface area contributed by atoms with Gasteiger partial charge in [0.25, 0.3) is 0 Å². The molecule has 0 aliphatic heterocycles. The minimum Gasteiger partial charge on any atom is -0.462 e. The lowest BCUT2D eigenvalue weighted by Crippen LogP contribution is -2.33. The minimum atomic E-state index is -0.0989. The van der Waals surface area contributed by atoms with Gasteiger partial charge in [-0.1, -0.05) is 71.9 Å². The topological polar surface area (TPSA) is 52.6 Å². The van der Waals surface area contributed by atoms with Gasteiger partial charge in [0, 0.05) is 0 Å². The zero-order chi connectivity index (χ0) is 16.5. The summed E-state index contributed by atoms with van der Waals surface area (Å²) in [6.45, 7) is 4.13. The molecule has 0 bridgehead atoms. The molecule has 2 atom stereocenters. The SMILES string of the molecule is CCCC(I)C(=O)OC1CCC(OC(=O)C(I)CCC)CC1. The van der Waals surface area contributed by atoms with Gasteiger partial charge < -0.3 is 9.47 Å². The second kappa shape index (κ2) is 11.0. The summed E-state index contributed by atoms with van der Waals surface area (Å²) in [4.78, 5) is 23.8. The number of alkyl halides is 2. The van der Waals surface area contributed by atoms with Crippen LogP contribution in [-0.4, -0.2) is 32.0 Å². The number of rotatable bonds is 8. The van der Waals surface area contributed by atoms with Gasteiger partial charge in [0.1, 0.15) is 20.1 Å². The van der Waals surface area contributed by atoms with Gasteiger partial charge >= 0.3 is 11.9 Å². The molecule has 0 spiro atoms. The van der Waals surface area contributed by atoms with Crippen molar-refractivity contribution in [2.45, 2.75) is 85.3 Å². The lowest BCUT2D eigenvalue weighted by Gasteiger charge is -2.29. The molecule has 1 fully saturated rings. The van der Waals surface area contributed by atoms with Crippen LogP contribution in [0.4, 0.5) is 0 Å². The number of halogens is 2. The highest BCUT2D eigenvalue weighted by atomic mass is 127. The highest BCUT2D eigenvalue weighted by molar-refractivity contribution is 14.1. The van der Waals surface area contributed by atoms with E-state index >= 15 is 0 Å². The van der Waals surface area contributed by atoms with E-state index in [1.54, 1.807) is 0 Å². The first-order chi connectivity index (χ1) is 10.5. The molecule has 0 amide bonds. The third-order valence-electron chi connectivity index (χ3n) is 3.78. The van der Waals surface area contributed by atoms with Crippen molar-refractivity contribution in [1.82, 2.24) is 0 Å². The molecule has 22 heavy (non-hydrogen) atoms. The molecule has 0 aromatic heterocycles. The smallest absolute Gasteiger partial charge is 0.319 e. The lowest BCUT2D eigenvalue weighted by atomic mass is 9.95. The molecule has 4 nitrogen and oxygen atoms in total. The van der Waals surface area contributed by atoms with Crippen molar-refractivity contribution in [3.05, 3.63) is 0 Å². The average molecular weight is 536 g/mol. The normalized spacial score (nSPS) is 24.4. The van der Waals surface area contributed by atoms with Gasteiger partial charge in [-0.3, -0.25) is 9.59 Å². The van der Waals surface area contributed by atoms with Crippen molar-refractivity contribution in [3.8, 4) is 0 Å². The van der Waals surface area contributed by atoms with Gasteiger partial charge in [-0.2, -0.15) is 0 Å². The van der Waals surface area contributed by atoms with Crippen molar-refractivity contribution in [1.29, 1.82) is 0 Å². The van der Waals surface area contributed by atoms with Crippen LogP contribution in [0.3, 0.4) is 0 Å². The molecule has 1 aliphatic rings. The predicted molar refractivity (Wildman–Crippen MR) is 104 cm³/mol. The number of hydrogen-bond acceptors (Lipinski definition) is 4. The van der Waals surface area contributed by atoms with Crippen LogP contribution in [0.1, 0.15) is 65.2 Å². The summed E-state index contributed by atoms with van der Waals surface area (Å²) < 4.78 is 11.0. The average Bonchev–Trinajstić information content (AvgIpc) is 2.49. The summed E-state index contributed by atoms with van der Waals surface area (Å²) in [6.07, 6.45) is 6.84. The Balaban J connectivity index is 2.28. The van der Waals surface area contributed by atoms with E-state index in [9.17, 15) is 9.59 Å². The molecule has 0 aromatic rings. The Labute approximate surface area is 160 Å². The summed E-state index contributed by atoms with van der Waals surface area (Å²) in [5.74, 6) is -0.198. The van der Waals surface area contributed by atoms with Crippen LogP contribution in [0.15, 0.2) is 0 Å². The zero-order valence-electron chi connectivity index (χ0n) is 13.4. The van der Waals surface area contributed by atoms with E-state index in [1.807, 2.05) is 0 Å². The van der Waals surface area contributed by atoms with Crippen molar-refractivity contribution in [2.24, 2.45) is 0 Å². The first kappa shape index (κ1) is 20.4. The molecule has 0 N–H and O–H groups in total. The van der Waals surface area contributed by atoms with Gasteiger partial charge in [-0.05, 0) is 38.5 Å². The zero-order valence-corrected chi connectivity index (χ0v) is 17.7. The fourth-order valence-electron chi connectivity index (χ4n) is 2.49. The molecule has 0 saturated heterocycles. The maximum atomic E-state index is 11.9. The predicted octanol–water partition coefficient (Wildman–Crippen LogP) is 4.59. The second-order valence-electron chi connectivity index (χ2n) is 5.78. The Morgan fingerprint density at radius 2 is 1.18 bits per heavy atom. The van der Waals surface area contributed by atoms with Crippen molar-refractivity contribution >= 4 is 57.1 Å². The number of esters is 2. The van der Waals surface area contributed by atoms with E-state index in [1.165, 1.54) is 0 Å². The fourth-order valence-corrected chi connectivity index (χ4v) is 4.03. The van der Waals surface area contributed by atoms with E-state index in [4.69, 9.17) is 9.47 Å². The van der Waals surface area contributed by atoms with Gasteiger partial charge in [0.2, 0.25) is 0 Å². The van der Waals surface area contributed by atoms with Crippen molar-refractivity contribution in [3.63, 3.8) is 0 Å². The van der Waals surface area contributed by atoms with Crippen LogP contribution in [-0.2, 0) is 19.1 Å². The van der Waals surface area contributed by atoms with Crippen molar-refractivity contribution in [2.75, 3.05) is 0 Å². The molecule has 0 aromatic carbocycles. The van der Waals surface area contributed by atoms with E-state index in [-0.39, 0.29) is 32.0 Å². The molecular formula is C16H26I2O4. The minimum absolute atomic E-state index is 0.0115. The number of ether oxygens (including phenoxy) is 2. The first-order valence-corrected chi connectivity index (χ1v) is 10.7. The van der Waals surface area contributed by atoms with Crippen LogP contribution < -0.4 is 0 Å². The van der Waals surface area contributed by atoms with Gasteiger partial charge in [0.15, 0.2) is 0 Å². The molecular weight excluding hydrogens is 510 g/mol. The lowest BCUT2D eigenvalue weighted by molar-refractivity contribution is -0.157. The van der Waals surface area contributed by atoms with Crippen LogP contribution in [0.2, 0.25) is 0 Å². The van der Waals surface area contributed by atoms with Crippen LogP contribution in [0.25, 0.3) is 0 Å². The summed E-state index contributed by atoms with van der Waals surface area (Å²) in [5, 5.41) is 0. The summed E-state index contributed by atoms with van der Waals surface area (Å²) >= 11 is 4.31. The maximum Gasteiger partial charge on any atom is 0.319 e. The first-order valence-electron chi connectivity index (χ1n) is 8.17. The quantitative estimate of drug-likeness (QED) is 0.259. The van der Waals surface area contributed by atoms with Crippen LogP contribution in [0.5, 0.6) is 0 Å². The molecule has 128 valence electrons. The van der Waals surface area contributed by atoms with Gasteiger partial charge in [-0.15, -0.1) is 0 Å². The third-order valence-corrected chi connectivity index (χ3v) is 6.05.